The van der Waals surface area contributed by atoms with Crippen LogP contribution in [0.3, 0.4) is 0 Å². The quantitative estimate of drug-likeness (QED) is 0.151. The molecule has 2 aromatic rings. The van der Waals surface area contributed by atoms with E-state index in [1.165, 1.54) is 41.5 Å². The molecule has 60 heavy (non-hydrogen) atoms. The first-order valence-electron chi connectivity index (χ1n) is 23.5. The van der Waals surface area contributed by atoms with Crippen LogP contribution >= 0.6 is 0 Å². The highest BCUT2D eigenvalue weighted by molar-refractivity contribution is 6.04. The summed E-state index contributed by atoms with van der Waals surface area (Å²) in [5, 5.41) is 12.0. The summed E-state index contributed by atoms with van der Waals surface area (Å²) >= 11 is 0. The number of nitrogens with zero attached hydrogens (tertiary/aromatic N) is 2. The Hall–Kier alpha value is -3.84. The summed E-state index contributed by atoms with van der Waals surface area (Å²) in [6.45, 7) is 28.3. The van der Waals surface area contributed by atoms with Crippen molar-refractivity contribution in [2.75, 3.05) is 25.2 Å². The smallest absolute Gasteiger partial charge is 0.168 e. The SMILES string of the molecule is C/C=C(/C)CC1C=Nc2cc(OCCCCCOc3cc4c(cc3C)C(=C3CCC3)CCCC(C/C(C)=C\C)C(O)N4C(C)C)c(OC)cc2C(=O)C(C)C1C.CC.CC. The number of hydrogen-bond donors (Lipinski definition) is 1. The molecule has 0 amide bonds. The molecule has 0 radical (unpaired) electrons. The van der Waals surface area contributed by atoms with Crippen LogP contribution < -0.4 is 19.1 Å². The zero-order valence-electron chi connectivity index (χ0n) is 40.2. The van der Waals surface area contributed by atoms with Crippen molar-refractivity contribution in [1.82, 2.24) is 0 Å². The second-order valence-corrected chi connectivity index (χ2v) is 17.0. The lowest BCUT2D eigenvalue weighted by Gasteiger charge is -2.39. The van der Waals surface area contributed by atoms with Crippen molar-refractivity contribution in [3.63, 3.8) is 0 Å². The molecule has 3 aliphatic rings. The summed E-state index contributed by atoms with van der Waals surface area (Å²) in [4.78, 5) is 20.7. The van der Waals surface area contributed by atoms with Crippen LogP contribution in [0.5, 0.6) is 17.2 Å². The number of carbonyl (C=O) groups is 1. The Labute approximate surface area is 365 Å². The lowest BCUT2D eigenvalue weighted by atomic mass is 9.77. The second kappa shape index (κ2) is 25.2. The van der Waals surface area contributed by atoms with Gasteiger partial charge in [-0.05, 0) is 148 Å². The van der Waals surface area contributed by atoms with Gasteiger partial charge in [0.25, 0.3) is 0 Å². The number of anilines is 1. The number of aliphatic hydroxyl groups excluding tert-OH is 1. The van der Waals surface area contributed by atoms with Crippen LogP contribution in [0.1, 0.15) is 175 Å². The van der Waals surface area contributed by atoms with Gasteiger partial charge in [0.2, 0.25) is 0 Å². The number of carbonyl (C=O) groups excluding carboxylic acids is 1. The Morgan fingerprint density at radius 1 is 0.850 bits per heavy atom. The molecule has 0 aromatic heterocycles. The lowest BCUT2D eigenvalue weighted by Crippen LogP contribution is -2.45. The van der Waals surface area contributed by atoms with Gasteiger partial charge in [-0.3, -0.25) is 9.79 Å². The second-order valence-electron chi connectivity index (χ2n) is 17.0. The fraction of sp³-hybridized carbons (Fsp3) is 0.623. The molecule has 1 N–H and O–H groups in total. The highest BCUT2D eigenvalue weighted by atomic mass is 16.5. The fourth-order valence-electron chi connectivity index (χ4n) is 8.59. The topological polar surface area (TPSA) is 80.6 Å². The third kappa shape index (κ3) is 12.8. The molecule has 5 rings (SSSR count). The largest absolute Gasteiger partial charge is 0.493 e. The van der Waals surface area contributed by atoms with Gasteiger partial charge >= 0.3 is 0 Å². The van der Waals surface area contributed by atoms with Crippen molar-refractivity contribution in [2.24, 2.45) is 28.7 Å². The molecule has 2 aliphatic heterocycles. The molecule has 5 unspecified atom stereocenters. The molecule has 1 saturated carbocycles. The molecule has 7 heteroatoms. The third-order valence-corrected chi connectivity index (χ3v) is 12.8. The zero-order valence-corrected chi connectivity index (χ0v) is 40.2. The molecule has 0 spiro atoms. The molecule has 0 saturated heterocycles. The maximum atomic E-state index is 13.6. The van der Waals surface area contributed by atoms with Gasteiger partial charge < -0.3 is 24.2 Å². The molecule has 5 atom stereocenters. The predicted octanol–water partition coefficient (Wildman–Crippen LogP) is 14.5. The van der Waals surface area contributed by atoms with E-state index in [1.807, 2.05) is 46.9 Å². The average Bonchev–Trinajstić information content (AvgIpc) is 3.28. The Kier molecular flexibility index (Phi) is 21.2. The number of allylic oxidation sites excluding steroid dienone is 6. The van der Waals surface area contributed by atoms with Gasteiger partial charge in [-0.1, -0.05) is 70.4 Å². The number of aliphatic hydroxyl groups is 1. The number of rotatable bonds is 14. The number of aryl methyl sites for hydroxylation is 1. The minimum absolute atomic E-state index is 0.0978. The molecule has 7 nitrogen and oxygen atoms in total. The van der Waals surface area contributed by atoms with E-state index >= 15 is 0 Å². The van der Waals surface area contributed by atoms with E-state index in [0.29, 0.717) is 36.0 Å². The number of fused-ring (bicyclic) bond motifs is 2. The van der Waals surface area contributed by atoms with Crippen LogP contribution in [0.2, 0.25) is 0 Å². The first-order valence-corrected chi connectivity index (χ1v) is 23.5. The Morgan fingerprint density at radius 2 is 1.48 bits per heavy atom. The third-order valence-electron chi connectivity index (χ3n) is 12.8. The number of ether oxygens (including phenoxy) is 3. The molecule has 2 aromatic carbocycles. The monoisotopic (exact) mass is 827 g/mol. The molecule has 0 bridgehead atoms. The number of methoxy groups -OCH3 is 1. The maximum Gasteiger partial charge on any atom is 0.168 e. The van der Waals surface area contributed by atoms with Gasteiger partial charge in [0, 0.05) is 53.3 Å². The van der Waals surface area contributed by atoms with Crippen molar-refractivity contribution in [2.45, 2.75) is 173 Å². The average molecular weight is 827 g/mol. The molecule has 2 heterocycles. The fourth-order valence-corrected chi connectivity index (χ4v) is 8.59. The summed E-state index contributed by atoms with van der Waals surface area (Å²) in [5.41, 5.74) is 10.5. The number of hydrogen-bond acceptors (Lipinski definition) is 7. The molecule has 1 aliphatic carbocycles. The predicted molar refractivity (Wildman–Crippen MR) is 256 cm³/mol. The molecular formula is C53H82N2O5. The number of Topliss-reactive ketones (excluding diaryl/α,β-unsaturated/α-hetero) is 1. The van der Waals surface area contributed by atoms with E-state index in [0.717, 1.165) is 68.4 Å². The van der Waals surface area contributed by atoms with E-state index in [9.17, 15) is 9.90 Å². The van der Waals surface area contributed by atoms with Gasteiger partial charge in [-0.25, -0.2) is 0 Å². The van der Waals surface area contributed by atoms with Gasteiger partial charge in [0.15, 0.2) is 17.3 Å². The molecular weight excluding hydrogens is 745 g/mol. The Bertz CT molecular complexity index is 1800. The molecule has 334 valence electrons. The van der Waals surface area contributed by atoms with Gasteiger partial charge in [-0.2, -0.15) is 0 Å². The van der Waals surface area contributed by atoms with Gasteiger partial charge in [0.1, 0.15) is 12.0 Å². The van der Waals surface area contributed by atoms with E-state index in [-0.39, 0.29) is 35.5 Å². The van der Waals surface area contributed by atoms with Crippen molar-refractivity contribution in [3.8, 4) is 17.2 Å². The first-order chi connectivity index (χ1) is 28.9. The van der Waals surface area contributed by atoms with Gasteiger partial charge in [0.05, 0.1) is 31.7 Å². The van der Waals surface area contributed by atoms with Crippen molar-refractivity contribution in [1.29, 1.82) is 0 Å². The van der Waals surface area contributed by atoms with Crippen LogP contribution in [0.4, 0.5) is 11.4 Å². The zero-order chi connectivity index (χ0) is 44.5. The number of ketones is 1. The van der Waals surface area contributed by atoms with Crippen LogP contribution in [0.15, 0.2) is 58.1 Å². The first kappa shape index (κ1) is 50.5. The highest BCUT2D eigenvalue weighted by Crippen LogP contribution is 2.46. The minimum atomic E-state index is -0.573. The summed E-state index contributed by atoms with van der Waals surface area (Å²) < 4.78 is 18.5. The Balaban J connectivity index is 0.00000233. The van der Waals surface area contributed by atoms with Crippen molar-refractivity contribution >= 4 is 28.9 Å². The van der Waals surface area contributed by atoms with Gasteiger partial charge in [-0.15, -0.1) is 0 Å². The van der Waals surface area contributed by atoms with Crippen molar-refractivity contribution in [3.05, 3.63) is 69.8 Å². The van der Waals surface area contributed by atoms with E-state index in [1.54, 1.807) is 18.7 Å². The van der Waals surface area contributed by atoms with E-state index < -0.39 is 6.23 Å². The Morgan fingerprint density at radius 3 is 2.07 bits per heavy atom. The van der Waals surface area contributed by atoms with Crippen LogP contribution in [0, 0.1) is 30.6 Å². The lowest BCUT2D eigenvalue weighted by molar-refractivity contribution is 0.0877. The van der Waals surface area contributed by atoms with Crippen molar-refractivity contribution < 1.29 is 24.1 Å². The number of aliphatic imine (C=N–C) groups is 1. The summed E-state index contributed by atoms with van der Waals surface area (Å²) in [5.74, 6) is 2.55. The van der Waals surface area contributed by atoms with E-state index in [2.05, 4.69) is 84.6 Å². The molecule has 1 fully saturated rings. The summed E-state index contributed by atoms with van der Waals surface area (Å²) in [6.07, 6.45) is 17.1. The standard InChI is InChI=1S/C49H70N2O5.2C2H6/c1-11-32(5)24-38-20-17-21-40(37-18-16-19-37)41-26-34(7)45(29-44(41)51(31(3)4)49(38)53)55-22-14-13-15-23-56-47-28-43-42(27-46(47)54-10)48(52)36(9)35(8)39(30-50-43)25-33(6)12-2;2*1-2/h11-12,26-31,35-36,38-39,49,53H,13-25H2,1-10H3;2*1-2H3/b32-11-,33-12-,50-30?;;. The maximum absolute atomic E-state index is 13.6. The summed E-state index contributed by atoms with van der Waals surface area (Å²) in [6, 6.07) is 8.35. The highest BCUT2D eigenvalue weighted by Gasteiger charge is 2.34. The van der Waals surface area contributed by atoms with Crippen LogP contribution in [0.25, 0.3) is 5.57 Å². The summed E-state index contributed by atoms with van der Waals surface area (Å²) in [7, 11) is 1.62. The van der Waals surface area contributed by atoms with Crippen LogP contribution in [-0.4, -0.2) is 49.7 Å². The number of unbranched alkanes of at least 4 members (excludes halogenated alkanes) is 2. The minimum Gasteiger partial charge on any atom is -0.493 e. The number of benzene rings is 2. The normalized spacial score (nSPS) is 22.0. The van der Waals surface area contributed by atoms with E-state index in [4.69, 9.17) is 19.2 Å². The van der Waals surface area contributed by atoms with Crippen LogP contribution in [-0.2, 0) is 0 Å².